The topological polar surface area (TPSA) is 92.3 Å². The van der Waals surface area contributed by atoms with Crippen molar-refractivity contribution in [3.63, 3.8) is 0 Å². The van der Waals surface area contributed by atoms with E-state index in [2.05, 4.69) is 15.5 Å². The first-order chi connectivity index (χ1) is 13.9. The number of aromatic nitrogens is 2. The zero-order valence-electron chi connectivity index (χ0n) is 15.2. The number of hydrogen-bond acceptors (Lipinski definition) is 6. The predicted octanol–water partition coefficient (Wildman–Crippen LogP) is 3.38. The minimum atomic E-state index is -3.98. The second-order valence-electron chi connectivity index (χ2n) is 6.49. The quantitative estimate of drug-likeness (QED) is 0.667. The van der Waals surface area contributed by atoms with Gasteiger partial charge in [-0.05, 0) is 31.0 Å². The van der Waals surface area contributed by atoms with E-state index >= 15 is 0 Å². The third kappa shape index (κ3) is 4.04. The van der Waals surface area contributed by atoms with Crippen LogP contribution in [0, 0.1) is 5.82 Å². The van der Waals surface area contributed by atoms with Crippen molar-refractivity contribution < 1.29 is 17.6 Å². The average Bonchev–Trinajstić information content (AvgIpc) is 3.41. The van der Waals surface area contributed by atoms with Gasteiger partial charge in [0.2, 0.25) is 15.2 Å². The largest absolute Gasteiger partial charge is 0.296 e. The Bertz CT molecular complexity index is 1140. The molecule has 0 atom stereocenters. The summed E-state index contributed by atoms with van der Waals surface area (Å²) in [7, 11) is -3.98. The first-order valence-corrected chi connectivity index (χ1v) is 11.2. The highest BCUT2D eigenvalue weighted by Crippen LogP contribution is 2.27. The minimum Gasteiger partial charge on any atom is -0.296 e. The molecule has 0 aliphatic carbocycles. The third-order valence-electron chi connectivity index (χ3n) is 4.54. The molecule has 7 nitrogen and oxygen atoms in total. The Hall–Kier alpha value is -2.69. The smallest absolute Gasteiger partial charge is 0.257 e. The zero-order valence-corrected chi connectivity index (χ0v) is 16.8. The monoisotopic (exact) mass is 432 g/mol. The molecule has 0 radical (unpaired) electrons. The van der Waals surface area contributed by atoms with Crippen molar-refractivity contribution in [3.05, 3.63) is 59.9 Å². The molecule has 10 heteroatoms. The summed E-state index contributed by atoms with van der Waals surface area (Å²) in [4.78, 5) is 12.1. The lowest BCUT2D eigenvalue weighted by molar-refractivity contribution is 0.102. The summed E-state index contributed by atoms with van der Waals surface area (Å²) in [5.74, 6) is -1.46. The van der Waals surface area contributed by atoms with Crippen molar-refractivity contribution in [3.8, 4) is 10.6 Å². The van der Waals surface area contributed by atoms with Crippen LogP contribution in [0.4, 0.5) is 9.52 Å². The number of anilines is 1. The molecule has 1 fully saturated rings. The summed E-state index contributed by atoms with van der Waals surface area (Å²) in [6.07, 6.45) is 1.48. The molecule has 4 rings (SSSR count). The van der Waals surface area contributed by atoms with Gasteiger partial charge in [0.1, 0.15) is 15.7 Å². The molecule has 1 aliphatic heterocycles. The van der Waals surface area contributed by atoms with Crippen molar-refractivity contribution in [2.75, 3.05) is 18.4 Å². The maximum Gasteiger partial charge on any atom is 0.257 e. The summed E-state index contributed by atoms with van der Waals surface area (Å²) in [6.45, 7) is 0.705. The van der Waals surface area contributed by atoms with E-state index in [4.69, 9.17) is 0 Å². The lowest BCUT2D eigenvalue weighted by Gasteiger charge is -2.16. The number of benzene rings is 2. The number of sulfonamides is 1. The lowest BCUT2D eigenvalue weighted by Crippen LogP contribution is -2.29. The second-order valence-corrected chi connectivity index (χ2v) is 9.37. The van der Waals surface area contributed by atoms with Crippen LogP contribution in [0.3, 0.4) is 0 Å². The second kappa shape index (κ2) is 7.97. The number of nitrogens with one attached hydrogen (secondary N) is 1. The maximum atomic E-state index is 14.2. The first kappa shape index (κ1) is 19.6. The van der Waals surface area contributed by atoms with Crippen LogP contribution in [0.15, 0.2) is 53.4 Å². The SMILES string of the molecule is O=C(Nc1nnc(-c2ccccc2)s1)c1ccc(F)c(S(=O)(=O)N2CCCC2)c1. The van der Waals surface area contributed by atoms with Gasteiger partial charge < -0.3 is 0 Å². The van der Waals surface area contributed by atoms with Crippen molar-refractivity contribution in [2.45, 2.75) is 17.7 Å². The molecule has 2 heterocycles. The summed E-state index contributed by atoms with van der Waals surface area (Å²) >= 11 is 1.19. The average molecular weight is 433 g/mol. The summed E-state index contributed by atoms with van der Waals surface area (Å²) in [5.41, 5.74) is 0.895. The fourth-order valence-corrected chi connectivity index (χ4v) is 5.40. The fourth-order valence-electron chi connectivity index (χ4n) is 3.05. The Morgan fingerprint density at radius 1 is 1.07 bits per heavy atom. The Morgan fingerprint density at radius 3 is 2.52 bits per heavy atom. The first-order valence-electron chi connectivity index (χ1n) is 8.95. The molecular weight excluding hydrogens is 415 g/mol. The van der Waals surface area contributed by atoms with Crippen LogP contribution < -0.4 is 5.32 Å². The van der Waals surface area contributed by atoms with E-state index in [1.807, 2.05) is 30.3 Å². The van der Waals surface area contributed by atoms with Gasteiger partial charge >= 0.3 is 0 Å². The summed E-state index contributed by atoms with van der Waals surface area (Å²) in [6, 6.07) is 12.7. The van der Waals surface area contributed by atoms with Crippen LogP contribution >= 0.6 is 11.3 Å². The predicted molar refractivity (Wildman–Crippen MR) is 108 cm³/mol. The van der Waals surface area contributed by atoms with Crippen molar-refractivity contribution in [2.24, 2.45) is 0 Å². The number of rotatable bonds is 5. The van der Waals surface area contributed by atoms with E-state index in [1.54, 1.807) is 0 Å². The van der Waals surface area contributed by atoms with E-state index in [-0.39, 0.29) is 10.7 Å². The highest BCUT2D eigenvalue weighted by atomic mass is 32.2. The van der Waals surface area contributed by atoms with Gasteiger partial charge in [-0.2, -0.15) is 4.31 Å². The Balaban J connectivity index is 1.56. The Labute approximate surface area is 171 Å². The van der Waals surface area contributed by atoms with E-state index in [1.165, 1.54) is 21.7 Å². The molecule has 0 spiro atoms. The van der Waals surface area contributed by atoms with Gasteiger partial charge in [-0.3, -0.25) is 10.1 Å². The standard InChI is InChI=1S/C19H17FN4O3S2/c20-15-9-8-14(12-16(15)29(26,27)24-10-4-5-11-24)17(25)21-19-23-22-18(28-19)13-6-2-1-3-7-13/h1-3,6-9,12H,4-5,10-11H2,(H,21,23,25). The van der Waals surface area contributed by atoms with Crippen LogP contribution in [0.1, 0.15) is 23.2 Å². The molecule has 0 bridgehead atoms. The van der Waals surface area contributed by atoms with Gasteiger partial charge in [0.25, 0.3) is 5.91 Å². The van der Waals surface area contributed by atoms with Gasteiger partial charge in [0, 0.05) is 24.2 Å². The zero-order chi connectivity index (χ0) is 20.4. The van der Waals surface area contributed by atoms with Gasteiger partial charge in [0.05, 0.1) is 0 Å². The molecule has 150 valence electrons. The van der Waals surface area contributed by atoms with Gasteiger partial charge in [-0.15, -0.1) is 10.2 Å². The Kier molecular flexibility index (Phi) is 5.39. The fraction of sp³-hybridized carbons (Fsp3) is 0.211. The molecule has 1 aromatic heterocycles. The summed E-state index contributed by atoms with van der Waals surface area (Å²) < 4.78 is 40.8. The van der Waals surface area contributed by atoms with Crippen LogP contribution in [0.2, 0.25) is 0 Å². The molecule has 1 aliphatic rings. The van der Waals surface area contributed by atoms with Gasteiger partial charge in [0.15, 0.2) is 0 Å². The number of carbonyl (C=O) groups excluding carboxylic acids is 1. The number of hydrogen-bond donors (Lipinski definition) is 1. The molecule has 0 saturated carbocycles. The normalized spacial score (nSPS) is 14.8. The molecule has 1 N–H and O–H groups in total. The van der Waals surface area contributed by atoms with Crippen molar-refractivity contribution in [1.29, 1.82) is 0 Å². The van der Waals surface area contributed by atoms with Crippen LogP contribution in [0.5, 0.6) is 0 Å². The third-order valence-corrected chi connectivity index (χ3v) is 7.34. The van der Waals surface area contributed by atoms with Crippen LogP contribution in [0.25, 0.3) is 10.6 Å². The number of carbonyl (C=O) groups is 1. The summed E-state index contributed by atoms with van der Waals surface area (Å²) in [5, 5.41) is 11.5. The molecule has 1 amide bonds. The van der Waals surface area contributed by atoms with E-state index in [0.717, 1.165) is 30.5 Å². The van der Waals surface area contributed by atoms with Crippen LogP contribution in [-0.4, -0.2) is 41.9 Å². The molecule has 0 unspecified atom stereocenters. The van der Waals surface area contributed by atoms with E-state index < -0.39 is 26.6 Å². The van der Waals surface area contributed by atoms with Crippen LogP contribution in [-0.2, 0) is 10.0 Å². The molecular formula is C19H17FN4O3S2. The Morgan fingerprint density at radius 2 is 1.79 bits per heavy atom. The van der Waals surface area contributed by atoms with E-state index in [0.29, 0.717) is 18.1 Å². The minimum absolute atomic E-state index is 0.0284. The number of amides is 1. The lowest BCUT2D eigenvalue weighted by atomic mass is 10.2. The van der Waals surface area contributed by atoms with Crippen molar-refractivity contribution in [1.82, 2.24) is 14.5 Å². The van der Waals surface area contributed by atoms with Gasteiger partial charge in [-0.25, -0.2) is 12.8 Å². The molecule has 1 saturated heterocycles. The number of nitrogens with zero attached hydrogens (tertiary/aromatic N) is 3. The highest BCUT2D eigenvalue weighted by Gasteiger charge is 2.30. The molecule has 29 heavy (non-hydrogen) atoms. The van der Waals surface area contributed by atoms with Crippen molar-refractivity contribution >= 4 is 32.4 Å². The maximum absolute atomic E-state index is 14.2. The molecule has 2 aromatic carbocycles. The highest BCUT2D eigenvalue weighted by molar-refractivity contribution is 7.89. The van der Waals surface area contributed by atoms with E-state index in [9.17, 15) is 17.6 Å². The number of halogens is 1. The molecule has 3 aromatic rings. The van der Waals surface area contributed by atoms with Gasteiger partial charge in [-0.1, -0.05) is 41.7 Å².